The maximum Gasteiger partial charge on any atom is 0.338 e. The van der Waals surface area contributed by atoms with Crippen LogP contribution in [0.2, 0.25) is 0 Å². The third-order valence-electron chi connectivity index (χ3n) is 2.84. The lowest BCUT2D eigenvalue weighted by atomic mass is 10.2. The minimum atomic E-state index is -0.281. The molecule has 0 radical (unpaired) electrons. The fourth-order valence-electron chi connectivity index (χ4n) is 1.59. The number of nitrogens with one attached hydrogen (secondary N) is 1. The first-order valence-electron chi connectivity index (χ1n) is 6.03. The zero-order chi connectivity index (χ0) is 12.7. The van der Waals surface area contributed by atoms with Crippen LogP contribution >= 0.6 is 0 Å². The van der Waals surface area contributed by atoms with Gasteiger partial charge in [-0.1, -0.05) is 7.43 Å². The van der Waals surface area contributed by atoms with E-state index in [0.717, 1.165) is 19.6 Å². The Bertz CT molecular complexity index is 345. The molecule has 0 amide bonds. The number of carbonyl (C=O) groups is 1. The van der Waals surface area contributed by atoms with Crippen LogP contribution in [-0.2, 0) is 4.74 Å². The molecule has 0 aromatic heterocycles. The summed E-state index contributed by atoms with van der Waals surface area (Å²) < 4.78 is 5.20. The Kier molecular flexibility index (Phi) is 7.79. The molecule has 0 spiro atoms. The molecule has 1 aromatic rings. The first-order chi connectivity index (χ1) is 8.17. The van der Waals surface area contributed by atoms with Crippen LogP contribution < -0.4 is 10.6 Å². The minimum Gasteiger partial charge on any atom is -0.456 e. The Labute approximate surface area is 110 Å². The number of quaternary nitrogens is 1. The molecule has 0 saturated heterocycles. The van der Waals surface area contributed by atoms with Gasteiger partial charge >= 0.3 is 5.97 Å². The summed E-state index contributed by atoms with van der Waals surface area (Å²) >= 11 is 0. The Morgan fingerprint density at radius 3 is 2.28 bits per heavy atom. The fraction of sp³-hybridized carbons (Fsp3) is 0.500. The van der Waals surface area contributed by atoms with Gasteiger partial charge in [0.1, 0.15) is 13.2 Å². The van der Waals surface area contributed by atoms with Gasteiger partial charge in [-0.25, -0.2) is 4.79 Å². The highest BCUT2D eigenvalue weighted by Gasteiger charge is 2.08. The number of hydrogen-bond acceptors (Lipinski definition) is 3. The molecule has 0 unspecified atom stereocenters. The van der Waals surface area contributed by atoms with Gasteiger partial charge in [-0.15, -0.1) is 0 Å². The highest BCUT2D eigenvalue weighted by atomic mass is 16.5. The molecule has 4 nitrogen and oxygen atoms in total. The van der Waals surface area contributed by atoms with Crippen molar-refractivity contribution in [2.24, 2.45) is 0 Å². The lowest BCUT2D eigenvalue weighted by Gasteiger charge is -2.14. The molecule has 3 N–H and O–H groups in total. The van der Waals surface area contributed by atoms with Crippen LogP contribution in [0.4, 0.5) is 5.69 Å². The van der Waals surface area contributed by atoms with Gasteiger partial charge in [-0.3, -0.25) is 0 Å². The molecule has 18 heavy (non-hydrogen) atoms. The minimum absolute atomic E-state index is 0. The van der Waals surface area contributed by atoms with E-state index in [4.69, 9.17) is 10.5 Å². The molecule has 0 bridgehead atoms. The van der Waals surface area contributed by atoms with Crippen LogP contribution in [0.15, 0.2) is 24.3 Å². The van der Waals surface area contributed by atoms with Gasteiger partial charge in [0.25, 0.3) is 0 Å². The molecule has 0 saturated carbocycles. The predicted molar refractivity (Wildman–Crippen MR) is 74.8 cm³/mol. The highest BCUT2D eigenvalue weighted by molar-refractivity contribution is 5.89. The summed E-state index contributed by atoms with van der Waals surface area (Å²) in [6.45, 7) is 7.67. The van der Waals surface area contributed by atoms with Crippen LogP contribution in [0.25, 0.3) is 0 Å². The van der Waals surface area contributed by atoms with Gasteiger partial charge in [0.2, 0.25) is 0 Å². The molecule has 0 fully saturated rings. The van der Waals surface area contributed by atoms with Crippen LogP contribution in [-0.4, -0.2) is 32.2 Å². The Morgan fingerprint density at radius 1 is 1.22 bits per heavy atom. The summed E-state index contributed by atoms with van der Waals surface area (Å²) in [5, 5.41) is 0. The van der Waals surface area contributed by atoms with Crippen molar-refractivity contribution in [1.82, 2.24) is 0 Å². The standard InChI is InChI=1S/C13H20N2O2.CH4/c1-3-15(4-2)9-10-17-13(16)11-5-7-12(14)8-6-11;/h5-8H,3-4,9-10,14H2,1-2H3;1H4/p+1. The number of nitrogen functional groups attached to an aromatic ring is 1. The molecule has 102 valence electrons. The predicted octanol–water partition coefficient (Wildman–Crippen LogP) is 0.986. The second-order valence-electron chi connectivity index (χ2n) is 3.97. The van der Waals surface area contributed by atoms with Gasteiger partial charge in [0.15, 0.2) is 0 Å². The molecule has 1 aromatic carbocycles. The van der Waals surface area contributed by atoms with Crippen molar-refractivity contribution >= 4 is 11.7 Å². The molecule has 1 rings (SSSR count). The smallest absolute Gasteiger partial charge is 0.338 e. The van der Waals surface area contributed by atoms with Gasteiger partial charge in [0, 0.05) is 5.69 Å². The maximum absolute atomic E-state index is 11.6. The van der Waals surface area contributed by atoms with E-state index in [1.54, 1.807) is 24.3 Å². The number of esters is 1. The number of anilines is 1. The SMILES string of the molecule is C.CC[NH+](CC)CCOC(=O)c1ccc(N)cc1. The fourth-order valence-corrected chi connectivity index (χ4v) is 1.59. The van der Waals surface area contributed by atoms with Crippen molar-refractivity contribution in [3.63, 3.8) is 0 Å². The van der Waals surface area contributed by atoms with E-state index in [1.165, 1.54) is 4.90 Å². The molecule has 4 heteroatoms. The van der Waals surface area contributed by atoms with E-state index in [1.807, 2.05) is 0 Å². The van der Waals surface area contributed by atoms with E-state index in [2.05, 4.69) is 13.8 Å². The average Bonchev–Trinajstić information content (AvgIpc) is 2.35. The van der Waals surface area contributed by atoms with Crippen molar-refractivity contribution in [2.45, 2.75) is 21.3 Å². The number of rotatable bonds is 6. The third kappa shape index (κ3) is 5.19. The molecular formula is C14H25N2O2+. The van der Waals surface area contributed by atoms with Crippen molar-refractivity contribution in [2.75, 3.05) is 32.0 Å². The van der Waals surface area contributed by atoms with E-state index in [9.17, 15) is 4.79 Å². The largest absolute Gasteiger partial charge is 0.456 e. The number of nitrogens with two attached hydrogens (primary N) is 1. The van der Waals surface area contributed by atoms with Gasteiger partial charge in [0.05, 0.1) is 18.7 Å². The molecular weight excluding hydrogens is 228 g/mol. The lowest BCUT2D eigenvalue weighted by molar-refractivity contribution is -0.896. The summed E-state index contributed by atoms with van der Waals surface area (Å²) in [6.07, 6.45) is 0. The van der Waals surface area contributed by atoms with Gasteiger partial charge in [-0.05, 0) is 38.1 Å². The lowest BCUT2D eigenvalue weighted by Crippen LogP contribution is -3.11. The van der Waals surface area contributed by atoms with Crippen molar-refractivity contribution in [3.05, 3.63) is 29.8 Å². The highest BCUT2D eigenvalue weighted by Crippen LogP contribution is 2.06. The monoisotopic (exact) mass is 253 g/mol. The summed E-state index contributed by atoms with van der Waals surface area (Å²) in [5.41, 5.74) is 6.74. The van der Waals surface area contributed by atoms with E-state index in [0.29, 0.717) is 17.9 Å². The quantitative estimate of drug-likeness (QED) is 0.587. The number of likely N-dealkylation sites (N-methyl/N-ethyl adjacent to an activating group) is 1. The van der Waals surface area contributed by atoms with Crippen LogP contribution in [0, 0.1) is 0 Å². The number of ether oxygens (including phenoxy) is 1. The molecule has 0 aliphatic heterocycles. The van der Waals surface area contributed by atoms with Crippen molar-refractivity contribution < 1.29 is 14.4 Å². The summed E-state index contributed by atoms with van der Waals surface area (Å²) in [4.78, 5) is 13.1. The van der Waals surface area contributed by atoms with Crippen molar-refractivity contribution in [1.29, 1.82) is 0 Å². The molecule has 0 atom stereocenters. The van der Waals surface area contributed by atoms with Crippen molar-refractivity contribution in [3.8, 4) is 0 Å². The Balaban J connectivity index is 0.00000289. The van der Waals surface area contributed by atoms with Crippen LogP contribution in [0.3, 0.4) is 0 Å². The second kappa shape index (κ2) is 8.53. The summed E-state index contributed by atoms with van der Waals surface area (Å²) in [5.74, 6) is -0.281. The third-order valence-corrected chi connectivity index (χ3v) is 2.84. The molecule has 0 aliphatic rings. The summed E-state index contributed by atoms with van der Waals surface area (Å²) in [6, 6.07) is 6.77. The Morgan fingerprint density at radius 2 is 1.78 bits per heavy atom. The average molecular weight is 253 g/mol. The van der Waals surface area contributed by atoms with Gasteiger partial charge < -0.3 is 15.4 Å². The number of carbonyl (C=O) groups excluding carboxylic acids is 1. The number of benzene rings is 1. The Hall–Kier alpha value is -1.55. The second-order valence-corrected chi connectivity index (χ2v) is 3.97. The topological polar surface area (TPSA) is 56.8 Å². The first kappa shape index (κ1) is 16.4. The molecule has 0 aliphatic carbocycles. The van der Waals surface area contributed by atoms with Crippen LogP contribution in [0.5, 0.6) is 0 Å². The zero-order valence-electron chi connectivity index (χ0n) is 10.5. The molecule has 0 heterocycles. The van der Waals surface area contributed by atoms with Gasteiger partial charge in [-0.2, -0.15) is 0 Å². The first-order valence-corrected chi connectivity index (χ1v) is 6.03. The maximum atomic E-state index is 11.6. The van der Waals surface area contributed by atoms with Crippen LogP contribution in [0.1, 0.15) is 31.6 Å². The zero-order valence-corrected chi connectivity index (χ0v) is 10.5. The summed E-state index contributed by atoms with van der Waals surface area (Å²) in [7, 11) is 0. The van der Waals surface area contributed by atoms with E-state index >= 15 is 0 Å². The van der Waals surface area contributed by atoms with E-state index in [-0.39, 0.29) is 13.4 Å². The number of hydrogen-bond donors (Lipinski definition) is 2. The normalized spacial score (nSPS) is 9.94. The van der Waals surface area contributed by atoms with E-state index < -0.39 is 0 Å².